The summed E-state index contributed by atoms with van der Waals surface area (Å²) in [6, 6.07) is 0. The Hall–Kier alpha value is 0.180. The molecule has 1 N–H and O–H groups in total. The third kappa shape index (κ3) is 2.83. The van der Waals surface area contributed by atoms with E-state index in [1.54, 1.807) is 6.92 Å². The molecule has 0 fully saturated rings. The summed E-state index contributed by atoms with van der Waals surface area (Å²) >= 11 is 3.16. The van der Waals surface area contributed by atoms with Crippen molar-refractivity contribution in [1.82, 2.24) is 0 Å². The summed E-state index contributed by atoms with van der Waals surface area (Å²) in [7, 11) is 0. The average Bonchev–Trinajstić information content (AvgIpc) is 1.65. The van der Waals surface area contributed by atoms with Crippen molar-refractivity contribution in [1.29, 1.82) is 0 Å². The van der Waals surface area contributed by atoms with E-state index >= 15 is 0 Å². The number of aliphatic hydroxyl groups is 1. The largest absolute Gasteiger partial charge is 0.389 e. The zero-order valence-electron chi connectivity index (χ0n) is 4.32. The fourth-order valence-electron chi connectivity index (χ4n) is 0.112. The second-order valence-corrected chi connectivity index (χ2v) is 2.03. The van der Waals surface area contributed by atoms with E-state index in [1.165, 1.54) is 0 Å². The van der Waals surface area contributed by atoms with Gasteiger partial charge in [-0.2, -0.15) is 0 Å². The number of hydrogen-bond acceptors (Lipinski definition) is 1. The molecule has 0 bridgehead atoms. The van der Waals surface area contributed by atoms with Crippen LogP contribution in [0.1, 0.15) is 6.92 Å². The summed E-state index contributed by atoms with van der Waals surface area (Å²) in [5, 5.41) is 9.38. The number of hydrogen-bond donors (Lipinski definition) is 1. The molecule has 0 saturated carbocycles. The highest BCUT2D eigenvalue weighted by Crippen LogP contribution is 2.00. The molecule has 0 aliphatic heterocycles. The fraction of sp³-hybridized carbons (Fsp3) is 0.600. The molecule has 1 unspecified atom stereocenters. The third-order valence-electron chi connectivity index (χ3n) is 0.762. The maximum absolute atomic E-state index is 8.69. The summed E-state index contributed by atoms with van der Waals surface area (Å²) < 4.78 is 0. The molecule has 0 amide bonds. The minimum absolute atomic E-state index is 0.376. The molecular weight excluding hydrogens is 156 g/mol. The summed E-state index contributed by atoms with van der Waals surface area (Å²) in [4.78, 5) is 0. The first kappa shape index (κ1) is 7.18. The Morgan fingerprint density at radius 3 is 2.43 bits per heavy atom. The van der Waals surface area contributed by atoms with Gasteiger partial charge in [-0.15, -0.1) is 0 Å². The van der Waals surface area contributed by atoms with Crippen LogP contribution in [0.25, 0.3) is 0 Å². The maximum atomic E-state index is 8.69. The van der Waals surface area contributed by atoms with E-state index in [0.717, 1.165) is 5.57 Å². The van der Waals surface area contributed by atoms with Gasteiger partial charge in [0.05, 0.1) is 6.10 Å². The lowest BCUT2D eigenvalue weighted by molar-refractivity contribution is 0.233. The highest BCUT2D eigenvalue weighted by Gasteiger charge is 1.96. The summed E-state index contributed by atoms with van der Waals surface area (Å²) in [6.07, 6.45) is -0.376. The zero-order chi connectivity index (χ0) is 5.86. The first-order chi connectivity index (χ1) is 3.18. The van der Waals surface area contributed by atoms with Gasteiger partial charge in [-0.1, -0.05) is 22.5 Å². The molecule has 0 aromatic rings. The van der Waals surface area contributed by atoms with E-state index in [4.69, 9.17) is 5.11 Å². The van der Waals surface area contributed by atoms with Crippen molar-refractivity contribution in [2.75, 3.05) is 5.33 Å². The van der Waals surface area contributed by atoms with Gasteiger partial charge < -0.3 is 5.11 Å². The van der Waals surface area contributed by atoms with Gasteiger partial charge in [-0.3, -0.25) is 0 Å². The summed E-state index contributed by atoms with van der Waals surface area (Å²) in [6.45, 7) is 5.27. The van der Waals surface area contributed by atoms with Crippen LogP contribution in [0, 0.1) is 0 Å². The van der Waals surface area contributed by atoms with Gasteiger partial charge in [0.25, 0.3) is 0 Å². The van der Waals surface area contributed by atoms with Crippen molar-refractivity contribution >= 4 is 15.9 Å². The SMILES string of the molecule is C=C(CBr)C(C)O. The smallest absolute Gasteiger partial charge is 0.0727 e. The van der Waals surface area contributed by atoms with E-state index in [9.17, 15) is 0 Å². The molecule has 0 aliphatic carbocycles. The quantitative estimate of drug-likeness (QED) is 0.483. The monoisotopic (exact) mass is 164 g/mol. The molecule has 0 heterocycles. The van der Waals surface area contributed by atoms with Crippen LogP contribution in [0.4, 0.5) is 0 Å². The third-order valence-corrected chi connectivity index (χ3v) is 1.48. The van der Waals surface area contributed by atoms with E-state index in [1.807, 2.05) is 0 Å². The van der Waals surface area contributed by atoms with Gasteiger partial charge in [0.1, 0.15) is 0 Å². The van der Waals surface area contributed by atoms with Crippen LogP contribution in [-0.2, 0) is 0 Å². The topological polar surface area (TPSA) is 20.2 Å². The summed E-state index contributed by atoms with van der Waals surface area (Å²) in [5.74, 6) is 0. The van der Waals surface area contributed by atoms with Crippen LogP contribution in [-0.4, -0.2) is 16.5 Å². The number of alkyl halides is 1. The highest BCUT2D eigenvalue weighted by molar-refractivity contribution is 9.09. The zero-order valence-corrected chi connectivity index (χ0v) is 5.90. The van der Waals surface area contributed by atoms with Gasteiger partial charge in [-0.25, -0.2) is 0 Å². The first-order valence-electron chi connectivity index (χ1n) is 2.10. The standard InChI is InChI=1S/C5H9BrO/c1-4(3-6)5(2)7/h5,7H,1,3H2,2H3. The minimum atomic E-state index is -0.376. The Morgan fingerprint density at radius 1 is 2.00 bits per heavy atom. The van der Waals surface area contributed by atoms with E-state index in [2.05, 4.69) is 22.5 Å². The van der Waals surface area contributed by atoms with Gasteiger partial charge in [0, 0.05) is 5.33 Å². The van der Waals surface area contributed by atoms with Crippen molar-refractivity contribution in [2.24, 2.45) is 0 Å². The van der Waals surface area contributed by atoms with Crippen molar-refractivity contribution in [3.05, 3.63) is 12.2 Å². The molecule has 0 radical (unpaired) electrons. The number of rotatable bonds is 2. The molecule has 0 aliphatic rings. The summed E-state index contributed by atoms with van der Waals surface area (Å²) in [5.41, 5.74) is 0.819. The van der Waals surface area contributed by atoms with E-state index in [0.29, 0.717) is 5.33 Å². The van der Waals surface area contributed by atoms with Crippen LogP contribution in [0.15, 0.2) is 12.2 Å². The van der Waals surface area contributed by atoms with Gasteiger partial charge in [0.2, 0.25) is 0 Å². The molecule has 7 heavy (non-hydrogen) atoms. The second kappa shape index (κ2) is 3.22. The van der Waals surface area contributed by atoms with Crippen LogP contribution in [0.5, 0.6) is 0 Å². The lowest BCUT2D eigenvalue weighted by Gasteiger charge is -2.01. The van der Waals surface area contributed by atoms with Crippen LogP contribution in [0.3, 0.4) is 0 Å². The lowest BCUT2D eigenvalue weighted by Crippen LogP contribution is -2.03. The Morgan fingerprint density at radius 2 is 2.43 bits per heavy atom. The normalized spacial score (nSPS) is 13.6. The number of halogens is 1. The average molecular weight is 165 g/mol. The number of aliphatic hydroxyl groups excluding tert-OH is 1. The molecule has 0 rings (SSSR count). The van der Waals surface area contributed by atoms with Crippen molar-refractivity contribution < 1.29 is 5.11 Å². The molecule has 1 atom stereocenters. The molecule has 0 spiro atoms. The van der Waals surface area contributed by atoms with Crippen molar-refractivity contribution in [3.8, 4) is 0 Å². The predicted molar refractivity (Wildman–Crippen MR) is 34.6 cm³/mol. The minimum Gasteiger partial charge on any atom is -0.389 e. The van der Waals surface area contributed by atoms with E-state index in [-0.39, 0.29) is 6.10 Å². The molecule has 0 saturated heterocycles. The molecule has 42 valence electrons. The van der Waals surface area contributed by atoms with E-state index < -0.39 is 0 Å². The maximum Gasteiger partial charge on any atom is 0.0727 e. The first-order valence-corrected chi connectivity index (χ1v) is 3.22. The van der Waals surface area contributed by atoms with Crippen LogP contribution >= 0.6 is 15.9 Å². The lowest BCUT2D eigenvalue weighted by atomic mass is 10.2. The molecule has 2 heteroatoms. The molecule has 0 aromatic heterocycles. The second-order valence-electron chi connectivity index (χ2n) is 1.47. The van der Waals surface area contributed by atoms with Crippen molar-refractivity contribution in [2.45, 2.75) is 13.0 Å². The Balaban J connectivity index is 3.35. The Labute approximate surface area is 52.2 Å². The van der Waals surface area contributed by atoms with Gasteiger partial charge >= 0.3 is 0 Å². The Kier molecular flexibility index (Phi) is 3.30. The van der Waals surface area contributed by atoms with Crippen LogP contribution < -0.4 is 0 Å². The fourth-order valence-corrected chi connectivity index (χ4v) is 0.580. The van der Waals surface area contributed by atoms with Gasteiger partial charge in [0.15, 0.2) is 0 Å². The highest BCUT2D eigenvalue weighted by atomic mass is 79.9. The Bertz CT molecular complexity index is 68.5. The predicted octanol–water partition coefficient (Wildman–Crippen LogP) is 1.32. The van der Waals surface area contributed by atoms with Crippen molar-refractivity contribution in [3.63, 3.8) is 0 Å². The van der Waals surface area contributed by atoms with Gasteiger partial charge in [-0.05, 0) is 12.5 Å². The molecular formula is C5H9BrO. The molecule has 0 aromatic carbocycles. The van der Waals surface area contributed by atoms with Crippen LogP contribution in [0.2, 0.25) is 0 Å². The molecule has 1 nitrogen and oxygen atoms in total.